The molecule has 1 fully saturated rings. The number of nitrogens with one attached hydrogen (secondary N) is 1. The molecule has 0 spiro atoms. The zero-order valence-electron chi connectivity index (χ0n) is 11.4. The fraction of sp³-hybridized carbons (Fsp3) is 0.571. The van der Waals surface area contributed by atoms with Crippen LogP contribution in [-0.2, 0) is 0 Å². The van der Waals surface area contributed by atoms with Crippen molar-refractivity contribution >= 4 is 17.4 Å². The van der Waals surface area contributed by atoms with Crippen molar-refractivity contribution in [1.29, 1.82) is 0 Å². The highest BCUT2D eigenvalue weighted by atomic mass is 32.2. The first-order valence-electron chi connectivity index (χ1n) is 6.66. The van der Waals surface area contributed by atoms with Gasteiger partial charge in [0.15, 0.2) is 0 Å². The maximum Gasteiger partial charge on any atom is 0.272 e. The molecule has 1 saturated heterocycles. The molecular weight excluding hydrogens is 260 g/mol. The average molecular weight is 280 g/mol. The van der Waals surface area contributed by atoms with Crippen LogP contribution in [0.5, 0.6) is 0 Å². The Kier molecular flexibility index (Phi) is 4.82. The molecule has 0 radical (unpaired) electrons. The molecule has 0 saturated carbocycles. The van der Waals surface area contributed by atoms with Crippen LogP contribution in [0.4, 0.5) is 5.69 Å². The number of rotatable bonds is 4. The highest BCUT2D eigenvalue weighted by Crippen LogP contribution is 2.25. The molecule has 1 heterocycles. The SMILES string of the molecule is Cc1ccc(C(C)NC2CCSCC2)cc1[N+](=O)[O-]. The van der Waals surface area contributed by atoms with Gasteiger partial charge in [-0.25, -0.2) is 0 Å². The Morgan fingerprint density at radius 2 is 2.11 bits per heavy atom. The van der Waals surface area contributed by atoms with Crippen molar-refractivity contribution in [3.05, 3.63) is 39.4 Å². The quantitative estimate of drug-likeness (QED) is 0.678. The molecule has 5 heteroatoms. The zero-order chi connectivity index (χ0) is 13.8. The van der Waals surface area contributed by atoms with Crippen molar-refractivity contribution < 1.29 is 4.92 Å². The van der Waals surface area contributed by atoms with Crippen molar-refractivity contribution in [3.8, 4) is 0 Å². The Bertz CT molecular complexity index is 459. The number of aryl methyl sites for hydroxylation is 1. The molecule has 1 aliphatic rings. The van der Waals surface area contributed by atoms with Gasteiger partial charge in [0.1, 0.15) is 0 Å². The van der Waals surface area contributed by atoms with Gasteiger partial charge in [0.25, 0.3) is 5.69 Å². The van der Waals surface area contributed by atoms with Gasteiger partial charge in [-0.2, -0.15) is 11.8 Å². The number of hydrogen-bond acceptors (Lipinski definition) is 4. The van der Waals surface area contributed by atoms with Gasteiger partial charge in [0.05, 0.1) is 4.92 Å². The van der Waals surface area contributed by atoms with Crippen molar-refractivity contribution in [1.82, 2.24) is 5.32 Å². The Labute approximate surface area is 118 Å². The molecule has 1 unspecified atom stereocenters. The lowest BCUT2D eigenvalue weighted by molar-refractivity contribution is -0.385. The lowest BCUT2D eigenvalue weighted by Gasteiger charge is -2.26. The summed E-state index contributed by atoms with van der Waals surface area (Å²) in [5.74, 6) is 2.41. The van der Waals surface area contributed by atoms with E-state index in [0.29, 0.717) is 6.04 Å². The summed E-state index contributed by atoms with van der Waals surface area (Å²) in [5.41, 5.74) is 1.93. The van der Waals surface area contributed by atoms with Crippen LogP contribution in [0.1, 0.15) is 36.9 Å². The second kappa shape index (κ2) is 6.39. The van der Waals surface area contributed by atoms with Gasteiger partial charge < -0.3 is 5.32 Å². The molecule has 1 atom stereocenters. The summed E-state index contributed by atoms with van der Waals surface area (Å²) in [6.07, 6.45) is 2.37. The highest BCUT2D eigenvalue weighted by Gasteiger charge is 2.18. The minimum absolute atomic E-state index is 0.160. The molecule has 0 aromatic heterocycles. The van der Waals surface area contributed by atoms with E-state index in [-0.39, 0.29) is 16.7 Å². The number of thioether (sulfide) groups is 1. The standard InChI is InChI=1S/C14H20N2O2S/c1-10-3-4-12(9-14(10)16(17)18)11(2)15-13-5-7-19-8-6-13/h3-4,9,11,13,15H,5-8H2,1-2H3. The van der Waals surface area contributed by atoms with Crippen LogP contribution < -0.4 is 5.32 Å². The van der Waals surface area contributed by atoms with Crippen molar-refractivity contribution in [3.63, 3.8) is 0 Å². The lowest BCUT2D eigenvalue weighted by atomic mass is 10.0. The number of nitro benzene ring substituents is 1. The zero-order valence-corrected chi connectivity index (χ0v) is 12.2. The fourth-order valence-electron chi connectivity index (χ4n) is 2.41. The van der Waals surface area contributed by atoms with Gasteiger partial charge in [-0.1, -0.05) is 12.1 Å². The van der Waals surface area contributed by atoms with E-state index in [0.717, 1.165) is 11.1 Å². The van der Waals surface area contributed by atoms with Crippen LogP contribution in [0.3, 0.4) is 0 Å². The minimum atomic E-state index is -0.303. The summed E-state index contributed by atoms with van der Waals surface area (Å²) in [6.45, 7) is 3.86. The van der Waals surface area contributed by atoms with E-state index in [1.165, 1.54) is 24.3 Å². The Balaban J connectivity index is 2.07. The topological polar surface area (TPSA) is 55.2 Å². The summed E-state index contributed by atoms with van der Waals surface area (Å²) in [4.78, 5) is 10.7. The second-order valence-corrected chi connectivity index (χ2v) is 6.30. The van der Waals surface area contributed by atoms with Gasteiger partial charge in [0.2, 0.25) is 0 Å². The first-order chi connectivity index (χ1) is 9.08. The maximum absolute atomic E-state index is 11.0. The molecule has 1 aromatic carbocycles. The number of benzene rings is 1. The smallest absolute Gasteiger partial charge is 0.272 e. The third-order valence-electron chi connectivity index (χ3n) is 3.64. The van der Waals surface area contributed by atoms with Crippen LogP contribution in [0.15, 0.2) is 18.2 Å². The normalized spacial score (nSPS) is 18.2. The predicted octanol–water partition coefficient (Wildman–Crippen LogP) is 3.45. The van der Waals surface area contributed by atoms with Crippen molar-refractivity contribution in [2.24, 2.45) is 0 Å². The number of nitrogens with zero attached hydrogens (tertiary/aromatic N) is 1. The van der Waals surface area contributed by atoms with Gasteiger partial charge >= 0.3 is 0 Å². The third-order valence-corrected chi connectivity index (χ3v) is 4.69. The Morgan fingerprint density at radius 1 is 1.42 bits per heavy atom. The average Bonchev–Trinajstić information content (AvgIpc) is 2.40. The van der Waals surface area contributed by atoms with Gasteiger partial charge in [-0.3, -0.25) is 10.1 Å². The Morgan fingerprint density at radius 3 is 2.74 bits per heavy atom. The molecule has 0 bridgehead atoms. The first kappa shape index (κ1) is 14.3. The van der Waals surface area contributed by atoms with Crippen LogP contribution >= 0.6 is 11.8 Å². The third kappa shape index (κ3) is 3.70. The lowest BCUT2D eigenvalue weighted by Crippen LogP contribution is -2.34. The largest absolute Gasteiger partial charge is 0.307 e. The molecule has 0 amide bonds. The number of nitro groups is 1. The Hall–Kier alpha value is -1.07. The highest BCUT2D eigenvalue weighted by molar-refractivity contribution is 7.99. The van der Waals surface area contributed by atoms with Gasteiger partial charge in [-0.15, -0.1) is 0 Å². The van der Waals surface area contributed by atoms with E-state index < -0.39 is 0 Å². The summed E-state index contributed by atoms with van der Waals surface area (Å²) < 4.78 is 0. The van der Waals surface area contributed by atoms with Crippen molar-refractivity contribution in [2.75, 3.05) is 11.5 Å². The molecular formula is C14H20N2O2S. The van der Waals surface area contributed by atoms with Crippen LogP contribution in [0, 0.1) is 17.0 Å². The first-order valence-corrected chi connectivity index (χ1v) is 7.82. The molecule has 1 aliphatic heterocycles. The van der Waals surface area contributed by atoms with E-state index in [4.69, 9.17) is 0 Å². The molecule has 1 aromatic rings. The van der Waals surface area contributed by atoms with Gasteiger partial charge in [-0.05, 0) is 43.8 Å². The van der Waals surface area contributed by atoms with Gasteiger partial charge in [0, 0.05) is 23.7 Å². The monoisotopic (exact) mass is 280 g/mol. The fourth-order valence-corrected chi connectivity index (χ4v) is 3.51. The predicted molar refractivity (Wildman–Crippen MR) is 79.7 cm³/mol. The summed E-state index contributed by atoms with van der Waals surface area (Å²) in [7, 11) is 0. The maximum atomic E-state index is 11.0. The minimum Gasteiger partial charge on any atom is -0.307 e. The number of hydrogen-bond donors (Lipinski definition) is 1. The second-order valence-electron chi connectivity index (χ2n) is 5.08. The van der Waals surface area contributed by atoms with Crippen LogP contribution in [0.25, 0.3) is 0 Å². The molecule has 2 rings (SSSR count). The molecule has 19 heavy (non-hydrogen) atoms. The summed E-state index contributed by atoms with van der Waals surface area (Å²) >= 11 is 2.00. The molecule has 4 nitrogen and oxygen atoms in total. The van der Waals surface area contributed by atoms with E-state index in [1.807, 2.05) is 23.9 Å². The molecule has 0 aliphatic carbocycles. The van der Waals surface area contributed by atoms with Crippen molar-refractivity contribution in [2.45, 2.75) is 38.8 Å². The van der Waals surface area contributed by atoms with E-state index in [1.54, 1.807) is 13.0 Å². The van der Waals surface area contributed by atoms with E-state index in [9.17, 15) is 10.1 Å². The summed E-state index contributed by atoms with van der Waals surface area (Å²) in [5, 5.41) is 14.6. The van der Waals surface area contributed by atoms with Crippen LogP contribution in [0.2, 0.25) is 0 Å². The van der Waals surface area contributed by atoms with E-state index in [2.05, 4.69) is 12.2 Å². The van der Waals surface area contributed by atoms with Crippen LogP contribution in [-0.4, -0.2) is 22.5 Å². The summed E-state index contributed by atoms with van der Waals surface area (Å²) in [6, 6.07) is 6.22. The molecule has 104 valence electrons. The van der Waals surface area contributed by atoms with E-state index >= 15 is 0 Å². The molecule has 1 N–H and O–H groups in total.